The van der Waals surface area contributed by atoms with Crippen molar-refractivity contribution >= 4 is 23.0 Å². The van der Waals surface area contributed by atoms with E-state index < -0.39 is 17.7 Å². The predicted molar refractivity (Wildman–Crippen MR) is 64.0 cm³/mol. The van der Waals surface area contributed by atoms with E-state index in [1.807, 2.05) is 0 Å². The summed E-state index contributed by atoms with van der Waals surface area (Å²) in [7, 11) is 1.19. The van der Waals surface area contributed by atoms with Gasteiger partial charge in [-0.15, -0.1) is 0 Å². The number of carbonyl (C=O) groups is 2. The molecule has 0 aliphatic rings. The number of fused-ring (bicyclic) bond motifs is 1. The van der Waals surface area contributed by atoms with Gasteiger partial charge >= 0.3 is 17.7 Å². The maximum Gasteiger partial charge on any atom is 0.409 e. The Morgan fingerprint density at radius 1 is 1.26 bits per heavy atom. The van der Waals surface area contributed by atoms with E-state index in [9.17, 15) is 14.4 Å². The number of hydrogen-bond acceptors (Lipinski definition) is 6. The van der Waals surface area contributed by atoms with Crippen molar-refractivity contribution < 1.29 is 23.5 Å². The lowest BCUT2D eigenvalue weighted by molar-refractivity contribution is 0.0598. The van der Waals surface area contributed by atoms with E-state index in [0.717, 1.165) is 0 Å². The van der Waals surface area contributed by atoms with E-state index in [-0.39, 0.29) is 16.9 Å². The molecule has 0 aliphatic carbocycles. The number of carbonyl (C=O) groups excluding carboxylic acids is 2. The topological polar surface area (TPSA) is 109 Å². The Bertz CT molecular complexity index is 718. The number of esters is 1. The molecule has 0 unspecified atom stereocenters. The summed E-state index contributed by atoms with van der Waals surface area (Å²) in [6, 6.07) is 5.29. The van der Waals surface area contributed by atoms with Crippen LogP contribution in [0.1, 0.15) is 10.4 Å². The quantitative estimate of drug-likeness (QED) is 0.640. The van der Waals surface area contributed by atoms with Gasteiger partial charge in [-0.1, -0.05) is 0 Å². The van der Waals surface area contributed by atoms with Crippen molar-refractivity contribution in [2.24, 2.45) is 5.73 Å². The summed E-state index contributed by atoms with van der Waals surface area (Å²) in [4.78, 5) is 33.5. The van der Waals surface area contributed by atoms with Crippen molar-refractivity contribution in [3.8, 4) is 5.75 Å². The first-order valence-electron chi connectivity index (χ1n) is 5.15. The molecule has 1 aromatic heterocycles. The summed E-state index contributed by atoms with van der Waals surface area (Å²) >= 11 is 0. The molecule has 1 heterocycles. The molecule has 1 aromatic carbocycles. The molecule has 0 bridgehead atoms. The number of rotatable bonds is 2. The van der Waals surface area contributed by atoms with Crippen LogP contribution in [-0.2, 0) is 4.74 Å². The Morgan fingerprint density at radius 3 is 2.63 bits per heavy atom. The Balaban J connectivity index is 2.69. The highest BCUT2D eigenvalue weighted by molar-refractivity contribution is 5.98. The third kappa shape index (κ3) is 2.54. The van der Waals surface area contributed by atoms with Gasteiger partial charge in [0.1, 0.15) is 11.1 Å². The Kier molecular flexibility index (Phi) is 3.19. The van der Waals surface area contributed by atoms with Crippen molar-refractivity contribution in [2.75, 3.05) is 7.11 Å². The van der Waals surface area contributed by atoms with Gasteiger partial charge in [0.15, 0.2) is 5.75 Å². The smallest absolute Gasteiger partial charge is 0.409 e. The van der Waals surface area contributed by atoms with Crippen LogP contribution in [0.4, 0.5) is 4.79 Å². The lowest BCUT2D eigenvalue weighted by Crippen LogP contribution is -2.18. The molecule has 2 rings (SSSR count). The molecule has 0 radical (unpaired) electrons. The Morgan fingerprint density at radius 2 is 2.00 bits per heavy atom. The fourth-order valence-electron chi connectivity index (χ4n) is 1.56. The van der Waals surface area contributed by atoms with Crippen LogP contribution in [0, 0.1) is 0 Å². The second-order valence-electron chi connectivity index (χ2n) is 3.55. The van der Waals surface area contributed by atoms with Crippen molar-refractivity contribution in [2.45, 2.75) is 0 Å². The molecule has 0 aliphatic heterocycles. The van der Waals surface area contributed by atoms with Crippen LogP contribution < -0.4 is 16.1 Å². The van der Waals surface area contributed by atoms with Crippen LogP contribution in [-0.4, -0.2) is 19.2 Å². The maximum absolute atomic E-state index is 11.6. The standard InChI is InChI=1S/C12H9NO6/c1-17-11(15)7-4-6-2-3-10(14)18-8(6)5-9(7)19-12(13)16/h2-5H,1H3,(H2,13,16). The summed E-state index contributed by atoms with van der Waals surface area (Å²) < 4.78 is 14.2. The van der Waals surface area contributed by atoms with Crippen molar-refractivity contribution in [1.82, 2.24) is 0 Å². The molecule has 0 spiro atoms. The lowest BCUT2D eigenvalue weighted by atomic mass is 10.1. The van der Waals surface area contributed by atoms with E-state index in [1.165, 1.54) is 31.4 Å². The Hall–Kier alpha value is -2.83. The summed E-state index contributed by atoms with van der Waals surface area (Å²) in [6.07, 6.45) is -1.09. The first-order chi connectivity index (χ1) is 9.01. The first-order valence-corrected chi connectivity index (χ1v) is 5.15. The molecule has 0 atom stereocenters. The zero-order valence-corrected chi connectivity index (χ0v) is 9.84. The van der Waals surface area contributed by atoms with E-state index in [1.54, 1.807) is 0 Å². The molecule has 98 valence electrons. The monoisotopic (exact) mass is 263 g/mol. The van der Waals surface area contributed by atoms with Crippen LogP contribution in [0.3, 0.4) is 0 Å². The third-order valence-corrected chi connectivity index (χ3v) is 2.34. The minimum Gasteiger partial charge on any atom is -0.465 e. The van der Waals surface area contributed by atoms with Crippen LogP contribution >= 0.6 is 0 Å². The molecule has 2 aromatic rings. The Labute approximate surface area is 106 Å². The second-order valence-corrected chi connectivity index (χ2v) is 3.55. The maximum atomic E-state index is 11.6. The molecule has 7 nitrogen and oxygen atoms in total. The normalized spacial score (nSPS) is 10.2. The van der Waals surface area contributed by atoms with Gasteiger partial charge in [-0.25, -0.2) is 14.4 Å². The average molecular weight is 263 g/mol. The van der Waals surface area contributed by atoms with Gasteiger partial charge in [0.05, 0.1) is 7.11 Å². The zero-order chi connectivity index (χ0) is 14.0. The van der Waals surface area contributed by atoms with Crippen molar-refractivity contribution in [1.29, 1.82) is 0 Å². The molecule has 7 heteroatoms. The van der Waals surface area contributed by atoms with Crippen LogP contribution in [0.2, 0.25) is 0 Å². The van der Waals surface area contributed by atoms with Crippen LogP contribution in [0.15, 0.2) is 33.5 Å². The molecule has 0 saturated carbocycles. The molecule has 1 amide bonds. The summed E-state index contributed by atoms with van der Waals surface area (Å²) in [5.74, 6) is -0.842. The number of nitrogens with two attached hydrogens (primary N) is 1. The number of hydrogen-bond donors (Lipinski definition) is 1. The highest BCUT2D eigenvalue weighted by Gasteiger charge is 2.17. The fraction of sp³-hybridized carbons (Fsp3) is 0.0833. The summed E-state index contributed by atoms with van der Waals surface area (Å²) in [6.45, 7) is 0. The van der Waals surface area contributed by atoms with E-state index in [0.29, 0.717) is 5.39 Å². The van der Waals surface area contributed by atoms with Gasteiger partial charge < -0.3 is 19.6 Å². The number of methoxy groups -OCH3 is 1. The SMILES string of the molecule is COC(=O)c1cc2ccc(=O)oc2cc1OC(N)=O. The molecular formula is C12H9NO6. The number of ether oxygens (including phenoxy) is 2. The van der Waals surface area contributed by atoms with Gasteiger partial charge in [-0.3, -0.25) is 0 Å². The van der Waals surface area contributed by atoms with Crippen LogP contribution in [0.5, 0.6) is 5.75 Å². The average Bonchev–Trinajstić information content (AvgIpc) is 2.36. The van der Waals surface area contributed by atoms with Crippen LogP contribution in [0.25, 0.3) is 11.0 Å². The molecule has 2 N–H and O–H groups in total. The van der Waals surface area contributed by atoms with Gasteiger partial charge in [-0.05, 0) is 12.1 Å². The van der Waals surface area contributed by atoms with Gasteiger partial charge in [-0.2, -0.15) is 0 Å². The van der Waals surface area contributed by atoms with Crippen molar-refractivity contribution in [3.05, 3.63) is 40.2 Å². The molecule has 0 saturated heterocycles. The summed E-state index contributed by atoms with van der Waals surface area (Å²) in [5.41, 5.74) is 4.50. The zero-order valence-electron chi connectivity index (χ0n) is 9.84. The lowest BCUT2D eigenvalue weighted by Gasteiger charge is -2.08. The van der Waals surface area contributed by atoms with E-state index in [4.69, 9.17) is 14.9 Å². The molecule has 0 fully saturated rings. The minimum atomic E-state index is -1.09. The summed E-state index contributed by atoms with van der Waals surface area (Å²) in [5, 5.41) is 0.483. The van der Waals surface area contributed by atoms with Crippen molar-refractivity contribution in [3.63, 3.8) is 0 Å². The second kappa shape index (κ2) is 4.81. The largest absolute Gasteiger partial charge is 0.465 e. The number of primary amides is 1. The predicted octanol–water partition coefficient (Wildman–Crippen LogP) is 1.04. The third-order valence-electron chi connectivity index (χ3n) is 2.34. The number of benzene rings is 1. The van der Waals surface area contributed by atoms with Gasteiger partial charge in [0.2, 0.25) is 0 Å². The fourth-order valence-corrected chi connectivity index (χ4v) is 1.56. The molecule has 19 heavy (non-hydrogen) atoms. The van der Waals surface area contributed by atoms with Gasteiger partial charge in [0.25, 0.3) is 0 Å². The molecular weight excluding hydrogens is 254 g/mol. The minimum absolute atomic E-state index is 0.00245. The number of amides is 1. The van der Waals surface area contributed by atoms with E-state index in [2.05, 4.69) is 4.74 Å². The van der Waals surface area contributed by atoms with E-state index >= 15 is 0 Å². The highest BCUT2D eigenvalue weighted by Crippen LogP contribution is 2.26. The highest BCUT2D eigenvalue weighted by atomic mass is 16.6. The van der Waals surface area contributed by atoms with Gasteiger partial charge in [0, 0.05) is 17.5 Å². The first kappa shape index (κ1) is 12.6.